The van der Waals surface area contributed by atoms with E-state index >= 15 is 0 Å². The van der Waals surface area contributed by atoms with E-state index in [0.29, 0.717) is 16.6 Å². The van der Waals surface area contributed by atoms with Crippen LogP contribution in [0.2, 0.25) is 0 Å². The van der Waals surface area contributed by atoms with E-state index in [1.807, 2.05) is 7.05 Å². The zero-order chi connectivity index (χ0) is 23.6. The third-order valence-corrected chi connectivity index (χ3v) is 8.73. The Kier molecular flexibility index (Phi) is 6.71. The first kappa shape index (κ1) is 23.6. The highest BCUT2D eigenvalue weighted by molar-refractivity contribution is 7.92. The molecule has 2 aromatic carbocycles. The lowest BCUT2D eigenvalue weighted by Crippen LogP contribution is -2.18. The van der Waals surface area contributed by atoms with Crippen LogP contribution < -0.4 is 14.7 Å². The van der Waals surface area contributed by atoms with E-state index in [1.54, 1.807) is 16.8 Å². The van der Waals surface area contributed by atoms with E-state index < -0.39 is 20.0 Å². The van der Waals surface area contributed by atoms with Crippen molar-refractivity contribution in [3.8, 4) is 10.6 Å². The fraction of sp³-hybridized carbons (Fsp3) is 0.333. The molecule has 4 rings (SSSR count). The molecule has 12 heteroatoms. The van der Waals surface area contributed by atoms with Crippen LogP contribution >= 0.6 is 11.3 Å². The van der Waals surface area contributed by atoms with Crippen LogP contribution in [0.15, 0.2) is 63.3 Å². The van der Waals surface area contributed by atoms with Crippen LogP contribution in [-0.2, 0) is 27.1 Å². The molecule has 0 saturated heterocycles. The molecule has 3 aromatic rings. The molecule has 1 aliphatic carbocycles. The number of nitrogens with one attached hydrogen (secondary N) is 1. The van der Waals surface area contributed by atoms with Crippen molar-refractivity contribution in [2.45, 2.75) is 47.9 Å². The maximum atomic E-state index is 12.9. The van der Waals surface area contributed by atoms with Crippen LogP contribution in [0.1, 0.15) is 32.1 Å². The van der Waals surface area contributed by atoms with Crippen LogP contribution in [0.5, 0.6) is 0 Å². The van der Waals surface area contributed by atoms with E-state index in [1.165, 1.54) is 67.0 Å². The molecule has 3 N–H and O–H groups in total. The number of primary sulfonamides is 1. The summed E-state index contributed by atoms with van der Waals surface area (Å²) >= 11 is 1.42. The first-order chi connectivity index (χ1) is 15.6. The Hall–Kier alpha value is -2.54. The predicted octanol–water partition coefficient (Wildman–Crippen LogP) is 2.83. The van der Waals surface area contributed by atoms with Gasteiger partial charge in [0.25, 0.3) is 10.0 Å². The molecule has 0 aliphatic heterocycles. The average molecular weight is 508 g/mol. The van der Waals surface area contributed by atoms with Crippen molar-refractivity contribution in [1.29, 1.82) is 0 Å². The van der Waals surface area contributed by atoms with Crippen LogP contribution in [0, 0.1) is 0 Å². The summed E-state index contributed by atoms with van der Waals surface area (Å²) in [5.74, 6) is 0. The van der Waals surface area contributed by atoms with Gasteiger partial charge in [0, 0.05) is 12.6 Å². The number of sulfonamides is 2. The highest BCUT2D eigenvalue weighted by Crippen LogP contribution is 2.25. The number of hydrogen-bond donors (Lipinski definition) is 2. The minimum atomic E-state index is -3.97. The van der Waals surface area contributed by atoms with Crippen LogP contribution in [0.25, 0.3) is 10.6 Å². The van der Waals surface area contributed by atoms with Crippen molar-refractivity contribution in [1.82, 2.24) is 9.78 Å². The fourth-order valence-corrected chi connectivity index (χ4v) is 6.30. The minimum absolute atomic E-state index is 0.0321. The van der Waals surface area contributed by atoms with Gasteiger partial charge in [-0.1, -0.05) is 48.8 Å². The molecule has 0 radical (unpaired) electrons. The van der Waals surface area contributed by atoms with E-state index in [9.17, 15) is 16.8 Å². The minimum Gasteiger partial charge on any atom is -0.280 e. The van der Waals surface area contributed by atoms with Gasteiger partial charge in [-0.25, -0.2) is 26.7 Å². The summed E-state index contributed by atoms with van der Waals surface area (Å²) in [6.45, 7) is 0. The van der Waals surface area contributed by atoms with Gasteiger partial charge in [0.05, 0.1) is 21.5 Å². The monoisotopic (exact) mass is 507 g/mol. The quantitative estimate of drug-likeness (QED) is 0.529. The smallest absolute Gasteiger partial charge is 0.261 e. The molecule has 176 valence electrons. The van der Waals surface area contributed by atoms with Crippen LogP contribution in [0.3, 0.4) is 0 Å². The number of anilines is 1. The molecular weight excluding hydrogens is 482 g/mol. The molecule has 0 spiro atoms. The van der Waals surface area contributed by atoms with Crippen molar-refractivity contribution in [3.63, 3.8) is 0 Å². The van der Waals surface area contributed by atoms with E-state index in [-0.39, 0.29) is 15.5 Å². The lowest BCUT2D eigenvalue weighted by atomic mass is 9.96. The number of hydrogen-bond acceptors (Lipinski definition) is 7. The number of nitrogens with two attached hydrogens (primary N) is 1. The number of benzene rings is 2. The van der Waals surface area contributed by atoms with Crippen molar-refractivity contribution >= 4 is 37.1 Å². The van der Waals surface area contributed by atoms with E-state index in [4.69, 9.17) is 10.1 Å². The Morgan fingerprint density at radius 2 is 1.73 bits per heavy atom. The standard InChI is InChI=1S/C21H25N5O4S3/c1-26-21(23-16-8-3-2-4-9-16)31-20(24-26)15-7-5-12-19(13-15)33(29,30)25-17-10-6-11-18(14-17)32(22,27)28/h5-7,10-14,16,25H,2-4,8-9H2,1H3,(H2,22,27,28). The summed E-state index contributed by atoms with van der Waals surface area (Å²) in [7, 11) is -6.09. The first-order valence-electron chi connectivity index (χ1n) is 10.5. The molecule has 9 nitrogen and oxygen atoms in total. The third kappa shape index (κ3) is 5.69. The Bertz CT molecular complexity index is 1440. The number of aromatic nitrogens is 2. The zero-order valence-corrected chi connectivity index (χ0v) is 20.5. The summed E-state index contributed by atoms with van der Waals surface area (Å²) < 4.78 is 53.2. The number of rotatable bonds is 6. The second kappa shape index (κ2) is 9.37. The SMILES string of the molecule is Cn1nc(-c2cccc(S(=O)(=O)Nc3cccc(S(N)(=O)=O)c3)c2)sc1=NC1CCCCC1. The topological polar surface area (TPSA) is 137 Å². The fourth-order valence-electron chi connectivity index (χ4n) is 3.69. The molecule has 0 unspecified atom stereocenters. The number of nitrogens with zero attached hydrogens (tertiary/aromatic N) is 3. The molecule has 0 amide bonds. The largest absolute Gasteiger partial charge is 0.280 e. The summed E-state index contributed by atoms with van der Waals surface area (Å²) in [4.78, 5) is 5.51. The van der Waals surface area contributed by atoms with Gasteiger partial charge in [0.1, 0.15) is 5.01 Å². The molecule has 33 heavy (non-hydrogen) atoms. The van der Waals surface area contributed by atoms with Gasteiger partial charge >= 0.3 is 0 Å². The highest BCUT2D eigenvalue weighted by atomic mass is 32.2. The van der Waals surface area contributed by atoms with Gasteiger partial charge in [0.15, 0.2) is 0 Å². The second-order valence-corrected chi connectivity index (χ2v) is 12.1. The number of aryl methyl sites for hydroxylation is 1. The average Bonchev–Trinajstić information content (AvgIpc) is 3.14. The van der Waals surface area contributed by atoms with Gasteiger partial charge < -0.3 is 0 Å². The van der Waals surface area contributed by atoms with Gasteiger partial charge in [-0.05, 0) is 43.2 Å². The van der Waals surface area contributed by atoms with Crippen LogP contribution in [0.4, 0.5) is 5.69 Å². The summed E-state index contributed by atoms with van der Waals surface area (Å²) in [6.07, 6.45) is 5.80. The van der Waals surface area contributed by atoms with Gasteiger partial charge in [-0.2, -0.15) is 5.10 Å². The van der Waals surface area contributed by atoms with Crippen molar-refractivity contribution in [2.24, 2.45) is 17.2 Å². The maximum Gasteiger partial charge on any atom is 0.261 e. The zero-order valence-electron chi connectivity index (χ0n) is 18.0. The highest BCUT2D eigenvalue weighted by Gasteiger charge is 2.18. The molecule has 1 aromatic heterocycles. The van der Waals surface area contributed by atoms with Crippen LogP contribution in [-0.4, -0.2) is 32.7 Å². The Morgan fingerprint density at radius 1 is 1.03 bits per heavy atom. The Balaban J connectivity index is 1.62. The first-order valence-corrected chi connectivity index (χ1v) is 14.3. The van der Waals surface area contributed by atoms with Crippen molar-refractivity contribution in [2.75, 3.05) is 4.72 Å². The summed E-state index contributed by atoms with van der Waals surface area (Å²) in [5, 5.41) is 10.3. The van der Waals surface area contributed by atoms with Gasteiger partial charge in [-0.15, -0.1) is 0 Å². The van der Waals surface area contributed by atoms with Crippen molar-refractivity contribution in [3.05, 3.63) is 53.3 Å². The molecule has 0 atom stereocenters. The van der Waals surface area contributed by atoms with Gasteiger partial charge in [0.2, 0.25) is 14.8 Å². The molecule has 1 heterocycles. The molecule has 1 fully saturated rings. The lowest BCUT2D eigenvalue weighted by Gasteiger charge is -2.16. The lowest BCUT2D eigenvalue weighted by molar-refractivity contribution is 0.434. The summed E-state index contributed by atoms with van der Waals surface area (Å²) in [5.41, 5.74) is 0.753. The summed E-state index contributed by atoms with van der Waals surface area (Å²) in [6, 6.07) is 12.1. The normalized spacial score (nSPS) is 16.1. The van der Waals surface area contributed by atoms with Gasteiger partial charge in [-0.3, -0.25) is 9.71 Å². The van der Waals surface area contributed by atoms with E-state index in [0.717, 1.165) is 17.6 Å². The molecule has 1 saturated carbocycles. The molecule has 1 aliphatic rings. The molecule has 0 bridgehead atoms. The van der Waals surface area contributed by atoms with E-state index in [2.05, 4.69) is 9.82 Å². The maximum absolute atomic E-state index is 12.9. The van der Waals surface area contributed by atoms with Crippen molar-refractivity contribution < 1.29 is 16.8 Å². The Morgan fingerprint density at radius 3 is 2.45 bits per heavy atom. The Labute approximate surface area is 197 Å². The molecular formula is C21H25N5O4S3. The predicted molar refractivity (Wildman–Crippen MR) is 128 cm³/mol. The third-order valence-electron chi connectivity index (χ3n) is 5.38. The second-order valence-electron chi connectivity index (χ2n) is 7.94.